The second-order valence-corrected chi connectivity index (χ2v) is 5.38. The third-order valence-electron chi connectivity index (χ3n) is 3.57. The third kappa shape index (κ3) is 4.49. The molecule has 0 spiro atoms. The number of hydrogen-bond donors (Lipinski definition) is 3. The Morgan fingerprint density at radius 3 is 2.50 bits per heavy atom. The molecule has 1 aromatic rings. The zero-order valence-electron chi connectivity index (χ0n) is 12.7. The Hall–Kier alpha value is -1.02. The highest BCUT2D eigenvalue weighted by atomic mass is 16.7. The topological polar surface area (TPSA) is 88.4 Å². The summed E-state index contributed by atoms with van der Waals surface area (Å²) >= 11 is 0. The summed E-state index contributed by atoms with van der Waals surface area (Å²) in [5.74, 6) is 0. The van der Waals surface area contributed by atoms with Crippen molar-refractivity contribution >= 4 is 0 Å². The molecular weight excluding hydrogens is 288 g/mol. The number of ether oxygens (including phenoxy) is 3. The summed E-state index contributed by atoms with van der Waals surface area (Å²) in [4.78, 5) is 0. The molecule has 1 aliphatic heterocycles. The molecule has 0 aromatic heterocycles. The molecule has 0 radical (unpaired) electrons. The maximum Gasteiger partial charge on any atom is 0.184 e. The molecule has 124 valence electrons. The molecule has 3 N–H and O–H groups in total. The number of hydrogen-bond acceptors (Lipinski definition) is 6. The Morgan fingerprint density at radius 2 is 1.82 bits per heavy atom. The number of aliphatic hydroxyl groups excluding tert-OH is 3. The first-order valence-corrected chi connectivity index (χ1v) is 7.56. The molecule has 5 atom stereocenters. The standard InChI is InChI=1S/C16H24O6/c1-2-8-21-15-13(17)12(22-16(19)14(15)18)10-20-9-11-6-4-3-5-7-11/h3-7,12-19H,2,8-10H2,1H3/t12-,13+,14-,15-,16+/m0/s1. The lowest BCUT2D eigenvalue weighted by Gasteiger charge is -2.40. The lowest BCUT2D eigenvalue weighted by atomic mass is 9.99. The van der Waals surface area contributed by atoms with Crippen LogP contribution >= 0.6 is 0 Å². The van der Waals surface area contributed by atoms with E-state index in [4.69, 9.17) is 14.2 Å². The van der Waals surface area contributed by atoms with E-state index in [9.17, 15) is 15.3 Å². The van der Waals surface area contributed by atoms with Gasteiger partial charge in [0, 0.05) is 6.61 Å². The number of benzene rings is 1. The molecule has 6 heteroatoms. The SMILES string of the molecule is CCCO[C@@H]1[C@H](O)[C@H](O)O[C@@H](COCc2ccccc2)[C@H]1O. The second-order valence-electron chi connectivity index (χ2n) is 5.38. The Labute approximate surface area is 130 Å². The van der Waals surface area contributed by atoms with Crippen LogP contribution in [0, 0.1) is 0 Å². The first kappa shape index (κ1) is 17.3. The fraction of sp³-hybridized carbons (Fsp3) is 0.625. The van der Waals surface area contributed by atoms with E-state index in [-0.39, 0.29) is 6.61 Å². The van der Waals surface area contributed by atoms with Crippen LogP contribution in [0.15, 0.2) is 30.3 Å². The smallest absolute Gasteiger partial charge is 0.184 e. The Bertz CT molecular complexity index is 426. The zero-order valence-corrected chi connectivity index (χ0v) is 12.7. The van der Waals surface area contributed by atoms with Crippen LogP contribution in [-0.4, -0.2) is 59.2 Å². The predicted octanol–water partition coefficient (Wildman–Crippen LogP) is 0.437. The molecule has 0 amide bonds. The second kappa shape index (κ2) is 8.57. The maximum absolute atomic E-state index is 10.2. The minimum Gasteiger partial charge on any atom is -0.387 e. The highest BCUT2D eigenvalue weighted by Crippen LogP contribution is 2.23. The fourth-order valence-corrected chi connectivity index (χ4v) is 2.37. The van der Waals surface area contributed by atoms with Crippen LogP contribution in [-0.2, 0) is 20.8 Å². The van der Waals surface area contributed by atoms with Crippen molar-refractivity contribution in [2.75, 3.05) is 13.2 Å². The van der Waals surface area contributed by atoms with E-state index in [2.05, 4.69) is 0 Å². The largest absolute Gasteiger partial charge is 0.387 e. The molecule has 1 aromatic carbocycles. The van der Waals surface area contributed by atoms with Gasteiger partial charge in [0.25, 0.3) is 0 Å². The van der Waals surface area contributed by atoms with Gasteiger partial charge in [-0.15, -0.1) is 0 Å². The Kier molecular flexibility index (Phi) is 6.75. The summed E-state index contributed by atoms with van der Waals surface area (Å²) in [7, 11) is 0. The van der Waals surface area contributed by atoms with Gasteiger partial charge in [0.2, 0.25) is 0 Å². The minimum absolute atomic E-state index is 0.103. The predicted molar refractivity (Wildman–Crippen MR) is 79.0 cm³/mol. The van der Waals surface area contributed by atoms with Crippen molar-refractivity contribution in [3.05, 3.63) is 35.9 Å². The normalized spacial score (nSPS) is 32.1. The molecule has 1 fully saturated rings. The van der Waals surface area contributed by atoms with Crippen molar-refractivity contribution in [3.63, 3.8) is 0 Å². The Morgan fingerprint density at radius 1 is 1.09 bits per heavy atom. The van der Waals surface area contributed by atoms with E-state index < -0.39 is 30.7 Å². The van der Waals surface area contributed by atoms with Gasteiger partial charge >= 0.3 is 0 Å². The van der Waals surface area contributed by atoms with Gasteiger partial charge in [0.05, 0.1) is 13.2 Å². The summed E-state index contributed by atoms with van der Waals surface area (Å²) in [6.07, 6.45) is -4.59. The van der Waals surface area contributed by atoms with Crippen LogP contribution in [0.1, 0.15) is 18.9 Å². The van der Waals surface area contributed by atoms with Crippen LogP contribution < -0.4 is 0 Å². The minimum atomic E-state index is -1.39. The summed E-state index contributed by atoms with van der Waals surface area (Å²) in [5, 5.41) is 29.8. The lowest BCUT2D eigenvalue weighted by molar-refractivity contribution is -0.296. The average Bonchev–Trinajstić information content (AvgIpc) is 2.53. The fourth-order valence-electron chi connectivity index (χ4n) is 2.37. The van der Waals surface area contributed by atoms with Gasteiger partial charge in [-0.2, -0.15) is 0 Å². The summed E-state index contributed by atoms with van der Waals surface area (Å²) in [6, 6.07) is 9.62. The first-order chi connectivity index (χ1) is 10.6. The summed E-state index contributed by atoms with van der Waals surface area (Å²) < 4.78 is 16.2. The van der Waals surface area contributed by atoms with Gasteiger partial charge in [-0.05, 0) is 12.0 Å². The number of rotatable bonds is 7. The Balaban J connectivity index is 1.86. The van der Waals surface area contributed by atoms with Gasteiger partial charge in [0.1, 0.15) is 24.4 Å². The maximum atomic E-state index is 10.2. The van der Waals surface area contributed by atoms with E-state index in [1.807, 2.05) is 37.3 Å². The monoisotopic (exact) mass is 312 g/mol. The molecule has 1 saturated heterocycles. The van der Waals surface area contributed by atoms with Crippen molar-refractivity contribution < 1.29 is 29.5 Å². The quantitative estimate of drug-likeness (QED) is 0.677. The molecule has 22 heavy (non-hydrogen) atoms. The van der Waals surface area contributed by atoms with Gasteiger partial charge in [-0.25, -0.2) is 0 Å². The van der Waals surface area contributed by atoms with Crippen LogP contribution in [0.25, 0.3) is 0 Å². The molecular formula is C16H24O6. The van der Waals surface area contributed by atoms with Crippen molar-refractivity contribution in [1.82, 2.24) is 0 Å². The van der Waals surface area contributed by atoms with Gasteiger partial charge in [0.15, 0.2) is 6.29 Å². The van der Waals surface area contributed by atoms with Crippen molar-refractivity contribution in [2.45, 2.75) is 50.7 Å². The molecule has 2 rings (SSSR count). The highest BCUT2D eigenvalue weighted by Gasteiger charge is 2.44. The molecule has 0 unspecified atom stereocenters. The van der Waals surface area contributed by atoms with E-state index in [1.54, 1.807) is 0 Å². The molecule has 1 aliphatic rings. The highest BCUT2D eigenvalue weighted by molar-refractivity contribution is 5.13. The lowest BCUT2D eigenvalue weighted by Crippen LogP contribution is -2.59. The molecule has 0 saturated carbocycles. The number of aliphatic hydroxyl groups is 3. The van der Waals surface area contributed by atoms with E-state index >= 15 is 0 Å². The summed E-state index contributed by atoms with van der Waals surface area (Å²) in [5.41, 5.74) is 1.01. The van der Waals surface area contributed by atoms with Crippen molar-refractivity contribution in [3.8, 4) is 0 Å². The zero-order chi connectivity index (χ0) is 15.9. The molecule has 1 heterocycles. The average molecular weight is 312 g/mol. The van der Waals surface area contributed by atoms with Crippen molar-refractivity contribution in [1.29, 1.82) is 0 Å². The van der Waals surface area contributed by atoms with Crippen LogP contribution in [0.5, 0.6) is 0 Å². The van der Waals surface area contributed by atoms with Crippen LogP contribution in [0.4, 0.5) is 0 Å². The van der Waals surface area contributed by atoms with Crippen LogP contribution in [0.2, 0.25) is 0 Å². The summed E-state index contributed by atoms with van der Waals surface area (Å²) in [6.45, 7) is 2.80. The van der Waals surface area contributed by atoms with Gasteiger partial charge in [-0.1, -0.05) is 37.3 Å². The molecule has 0 aliphatic carbocycles. The third-order valence-corrected chi connectivity index (χ3v) is 3.57. The molecule has 6 nitrogen and oxygen atoms in total. The van der Waals surface area contributed by atoms with Crippen LogP contribution in [0.3, 0.4) is 0 Å². The van der Waals surface area contributed by atoms with Gasteiger partial charge < -0.3 is 29.5 Å². The van der Waals surface area contributed by atoms with Crippen molar-refractivity contribution in [2.24, 2.45) is 0 Å². The van der Waals surface area contributed by atoms with Gasteiger partial charge in [-0.3, -0.25) is 0 Å². The van der Waals surface area contributed by atoms with E-state index in [0.29, 0.717) is 13.2 Å². The first-order valence-electron chi connectivity index (χ1n) is 7.56. The van der Waals surface area contributed by atoms with E-state index in [0.717, 1.165) is 12.0 Å². The van der Waals surface area contributed by atoms with E-state index in [1.165, 1.54) is 0 Å². The molecule has 0 bridgehead atoms.